The Morgan fingerprint density at radius 2 is 2.00 bits per heavy atom. The van der Waals surface area contributed by atoms with Gasteiger partial charge in [-0.05, 0) is 37.3 Å². The van der Waals surface area contributed by atoms with Crippen LogP contribution in [0.1, 0.15) is 24.2 Å². The van der Waals surface area contributed by atoms with Crippen LogP contribution in [-0.2, 0) is 0 Å². The molecule has 0 aliphatic heterocycles. The van der Waals surface area contributed by atoms with E-state index in [4.69, 9.17) is 33.9 Å². The molecule has 3 nitrogen and oxygen atoms in total. The number of halogens is 2. The molecule has 0 aliphatic carbocycles. The Hall–Kier alpha value is -1.55. The Bertz CT molecular complexity index is 839. The molecular formula is C17H17Cl2N3. The molecule has 0 spiro atoms. The maximum absolute atomic E-state index is 6.39. The van der Waals surface area contributed by atoms with E-state index in [0.717, 1.165) is 28.3 Å². The fraction of sp³-hybridized carbons (Fsp3) is 0.235. The lowest BCUT2D eigenvalue weighted by molar-refractivity contribution is 0.733. The van der Waals surface area contributed by atoms with Crippen LogP contribution in [0.15, 0.2) is 36.4 Å². The molecule has 1 aromatic carbocycles. The summed E-state index contributed by atoms with van der Waals surface area (Å²) < 4.78 is 2.15. The van der Waals surface area contributed by atoms with Crippen LogP contribution in [0.25, 0.3) is 16.9 Å². The summed E-state index contributed by atoms with van der Waals surface area (Å²) >= 11 is 12.4. The lowest BCUT2D eigenvalue weighted by Gasteiger charge is -2.14. The zero-order chi connectivity index (χ0) is 15.9. The summed E-state index contributed by atoms with van der Waals surface area (Å²) in [4.78, 5) is 4.78. The monoisotopic (exact) mass is 333 g/mol. The van der Waals surface area contributed by atoms with Crippen molar-refractivity contribution in [1.82, 2.24) is 9.38 Å². The quantitative estimate of drug-likeness (QED) is 0.756. The minimum Gasteiger partial charge on any atom is -0.330 e. The van der Waals surface area contributed by atoms with E-state index in [2.05, 4.69) is 24.3 Å². The highest BCUT2D eigenvalue weighted by molar-refractivity contribution is 6.36. The molecule has 0 saturated heterocycles. The van der Waals surface area contributed by atoms with E-state index in [-0.39, 0.29) is 5.92 Å². The van der Waals surface area contributed by atoms with Gasteiger partial charge in [0.1, 0.15) is 5.65 Å². The molecule has 3 aromatic rings. The minimum absolute atomic E-state index is 0.165. The SMILES string of the molecule is Cc1cccc2nc(-c3ccc(Cl)cc3Cl)c(C(C)CN)n12. The van der Waals surface area contributed by atoms with Crippen LogP contribution in [0.4, 0.5) is 0 Å². The molecule has 1 unspecified atom stereocenters. The predicted molar refractivity (Wildman–Crippen MR) is 92.9 cm³/mol. The fourth-order valence-electron chi connectivity index (χ4n) is 2.73. The lowest BCUT2D eigenvalue weighted by Crippen LogP contribution is -2.13. The molecule has 0 saturated carbocycles. The second-order valence-electron chi connectivity index (χ2n) is 5.47. The van der Waals surface area contributed by atoms with Gasteiger partial charge in [0.25, 0.3) is 0 Å². The van der Waals surface area contributed by atoms with Gasteiger partial charge in [0.2, 0.25) is 0 Å². The zero-order valence-electron chi connectivity index (χ0n) is 12.5. The molecular weight excluding hydrogens is 317 g/mol. The van der Waals surface area contributed by atoms with E-state index >= 15 is 0 Å². The Morgan fingerprint density at radius 3 is 2.68 bits per heavy atom. The minimum atomic E-state index is 0.165. The van der Waals surface area contributed by atoms with Gasteiger partial charge in [-0.2, -0.15) is 0 Å². The van der Waals surface area contributed by atoms with Crippen LogP contribution < -0.4 is 5.73 Å². The van der Waals surface area contributed by atoms with Gasteiger partial charge in [0.05, 0.1) is 16.4 Å². The van der Waals surface area contributed by atoms with E-state index in [9.17, 15) is 0 Å². The molecule has 22 heavy (non-hydrogen) atoms. The number of aromatic nitrogens is 2. The van der Waals surface area contributed by atoms with Gasteiger partial charge < -0.3 is 10.1 Å². The van der Waals surface area contributed by atoms with Crippen LogP contribution in [0.2, 0.25) is 10.0 Å². The highest BCUT2D eigenvalue weighted by Crippen LogP contribution is 2.35. The summed E-state index contributed by atoms with van der Waals surface area (Å²) in [5.74, 6) is 0.165. The van der Waals surface area contributed by atoms with Gasteiger partial charge in [0.15, 0.2) is 0 Å². The van der Waals surface area contributed by atoms with E-state index in [0.29, 0.717) is 16.6 Å². The topological polar surface area (TPSA) is 43.3 Å². The molecule has 3 rings (SSSR count). The van der Waals surface area contributed by atoms with Crippen molar-refractivity contribution in [3.05, 3.63) is 57.8 Å². The third kappa shape index (κ3) is 2.50. The Labute approximate surface area is 139 Å². The number of fused-ring (bicyclic) bond motifs is 1. The molecule has 114 valence electrons. The first-order valence-corrected chi connectivity index (χ1v) is 7.92. The second-order valence-corrected chi connectivity index (χ2v) is 6.31. The predicted octanol–water partition coefficient (Wildman–Crippen LogP) is 4.68. The van der Waals surface area contributed by atoms with Gasteiger partial charge in [-0.3, -0.25) is 0 Å². The number of benzene rings is 1. The van der Waals surface area contributed by atoms with Crippen molar-refractivity contribution in [2.24, 2.45) is 5.73 Å². The van der Waals surface area contributed by atoms with Gasteiger partial charge in [-0.25, -0.2) is 4.98 Å². The van der Waals surface area contributed by atoms with Crippen molar-refractivity contribution in [2.75, 3.05) is 6.54 Å². The van der Waals surface area contributed by atoms with E-state index in [1.54, 1.807) is 6.07 Å². The first-order valence-electron chi connectivity index (χ1n) is 7.16. The van der Waals surface area contributed by atoms with Crippen LogP contribution in [0.5, 0.6) is 0 Å². The van der Waals surface area contributed by atoms with Crippen molar-refractivity contribution >= 4 is 28.8 Å². The summed E-state index contributed by atoms with van der Waals surface area (Å²) in [7, 11) is 0. The van der Waals surface area contributed by atoms with Crippen LogP contribution >= 0.6 is 23.2 Å². The second kappa shape index (κ2) is 5.92. The van der Waals surface area contributed by atoms with Crippen LogP contribution in [0.3, 0.4) is 0 Å². The first kappa shape index (κ1) is 15.3. The van der Waals surface area contributed by atoms with Crippen LogP contribution in [0, 0.1) is 6.92 Å². The molecule has 0 aliphatic rings. The average molecular weight is 334 g/mol. The molecule has 2 N–H and O–H groups in total. The molecule has 0 radical (unpaired) electrons. The van der Waals surface area contributed by atoms with Crippen molar-refractivity contribution in [3.8, 4) is 11.3 Å². The molecule has 0 bridgehead atoms. The summed E-state index contributed by atoms with van der Waals surface area (Å²) in [5, 5.41) is 1.21. The molecule has 1 atom stereocenters. The van der Waals surface area contributed by atoms with Crippen molar-refractivity contribution < 1.29 is 0 Å². The number of rotatable bonds is 3. The number of hydrogen-bond donors (Lipinski definition) is 1. The van der Waals surface area contributed by atoms with Crippen molar-refractivity contribution in [1.29, 1.82) is 0 Å². The third-order valence-corrected chi connectivity index (χ3v) is 4.43. The highest BCUT2D eigenvalue weighted by atomic mass is 35.5. The van der Waals surface area contributed by atoms with E-state index in [1.807, 2.05) is 24.3 Å². The summed E-state index contributed by atoms with van der Waals surface area (Å²) in [5.41, 5.74) is 10.8. The standard InChI is InChI=1S/C17H17Cl2N3/c1-10(9-20)17-16(13-7-6-12(18)8-14(13)19)21-15-5-3-4-11(2)22(15)17/h3-8,10H,9,20H2,1-2H3. The van der Waals surface area contributed by atoms with E-state index in [1.165, 1.54) is 0 Å². The number of imidazole rings is 1. The molecule has 0 amide bonds. The van der Waals surface area contributed by atoms with Gasteiger partial charge >= 0.3 is 0 Å². The first-order chi connectivity index (χ1) is 10.5. The van der Waals surface area contributed by atoms with Gasteiger partial charge in [-0.15, -0.1) is 0 Å². The fourth-order valence-corrected chi connectivity index (χ4v) is 3.22. The maximum Gasteiger partial charge on any atom is 0.137 e. The maximum atomic E-state index is 6.39. The van der Waals surface area contributed by atoms with Crippen molar-refractivity contribution in [3.63, 3.8) is 0 Å². The number of hydrogen-bond acceptors (Lipinski definition) is 2. The number of nitrogens with two attached hydrogens (primary N) is 1. The Kier molecular flexibility index (Phi) is 4.13. The van der Waals surface area contributed by atoms with Crippen LogP contribution in [-0.4, -0.2) is 15.9 Å². The number of pyridine rings is 1. The highest BCUT2D eigenvalue weighted by Gasteiger charge is 2.21. The number of aryl methyl sites for hydroxylation is 1. The Balaban J connectivity index is 2.36. The zero-order valence-corrected chi connectivity index (χ0v) is 14.0. The average Bonchev–Trinajstić information content (AvgIpc) is 2.87. The third-order valence-electron chi connectivity index (χ3n) is 3.88. The number of nitrogens with zero attached hydrogens (tertiary/aromatic N) is 2. The largest absolute Gasteiger partial charge is 0.330 e. The smallest absolute Gasteiger partial charge is 0.137 e. The molecule has 2 aromatic heterocycles. The summed E-state index contributed by atoms with van der Waals surface area (Å²) in [6.07, 6.45) is 0. The van der Waals surface area contributed by atoms with Gasteiger partial charge in [-0.1, -0.05) is 36.2 Å². The summed E-state index contributed by atoms with van der Waals surface area (Å²) in [6, 6.07) is 11.5. The lowest BCUT2D eigenvalue weighted by atomic mass is 10.0. The van der Waals surface area contributed by atoms with E-state index < -0.39 is 0 Å². The van der Waals surface area contributed by atoms with Gasteiger partial charge in [0, 0.05) is 28.7 Å². The molecule has 0 fully saturated rings. The Morgan fingerprint density at radius 1 is 1.23 bits per heavy atom. The molecule has 5 heteroatoms. The summed E-state index contributed by atoms with van der Waals surface area (Å²) in [6.45, 7) is 4.71. The normalized spacial score (nSPS) is 12.8. The van der Waals surface area contributed by atoms with Crippen molar-refractivity contribution in [2.45, 2.75) is 19.8 Å². The molecule has 2 heterocycles.